The molecule has 0 saturated carbocycles. The van der Waals surface area contributed by atoms with Crippen LogP contribution in [0, 0.1) is 0 Å². The van der Waals surface area contributed by atoms with Gasteiger partial charge in [-0.15, -0.1) is 0 Å². The summed E-state index contributed by atoms with van der Waals surface area (Å²) in [6.07, 6.45) is 22.0. The smallest absolute Gasteiger partial charge is 0.748 e. The summed E-state index contributed by atoms with van der Waals surface area (Å²) in [5.41, 5.74) is 0. The van der Waals surface area contributed by atoms with E-state index in [0.29, 0.717) is 19.3 Å². The molecular formula is C23H47NaO4S. The Morgan fingerprint density at radius 2 is 1.00 bits per heavy atom. The molecule has 0 amide bonds. The number of unbranched alkanes of at least 4 members (excludes halogenated alkanes) is 14. The number of hydrogen-bond acceptors (Lipinski definition) is 4. The Bertz CT molecular complexity index is 429. The first-order chi connectivity index (χ1) is 13.4. The van der Waals surface area contributed by atoms with Crippen molar-refractivity contribution >= 4 is 10.1 Å². The summed E-state index contributed by atoms with van der Waals surface area (Å²) in [7, 11) is -4.18. The van der Waals surface area contributed by atoms with Crippen molar-refractivity contribution in [3.05, 3.63) is 0 Å². The molecule has 0 aliphatic carbocycles. The van der Waals surface area contributed by atoms with E-state index in [-0.39, 0.29) is 35.7 Å². The van der Waals surface area contributed by atoms with Gasteiger partial charge >= 0.3 is 29.6 Å². The third-order valence-electron chi connectivity index (χ3n) is 5.78. The fourth-order valence-electron chi connectivity index (χ4n) is 3.68. The van der Waals surface area contributed by atoms with Crippen LogP contribution in [0.25, 0.3) is 0 Å². The second kappa shape index (κ2) is 22.1. The van der Waals surface area contributed by atoms with Gasteiger partial charge in [-0.3, -0.25) is 0 Å². The van der Waals surface area contributed by atoms with Gasteiger partial charge in [-0.05, 0) is 32.6 Å². The Kier molecular flexibility index (Phi) is 24.4. The van der Waals surface area contributed by atoms with Gasteiger partial charge in [0.25, 0.3) is 0 Å². The van der Waals surface area contributed by atoms with Gasteiger partial charge in [0.15, 0.2) is 0 Å². The fraction of sp³-hybridized carbons (Fsp3) is 1.00. The van der Waals surface area contributed by atoms with Gasteiger partial charge in [0.1, 0.15) is 0 Å². The largest absolute Gasteiger partial charge is 1.00 e. The quantitative estimate of drug-likeness (QED) is 0.167. The average molecular weight is 443 g/mol. The maximum absolute atomic E-state index is 10.8. The molecule has 0 aliphatic heterocycles. The second-order valence-corrected chi connectivity index (χ2v) is 10.4. The third-order valence-corrected chi connectivity index (χ3v) is 7.00. The number of rotatable bonds is 21. The molecule has 0 aliphatic rings. The maximum atomic E-state index is 10.8. The summed E-state index contributed by atoms with van der Waals surface area (Å²) in [6.45, 7) is 3.71. The summed E-state index contributed by atoms with van der Waals surface area (Å²) in [6, 6.07) is 0. The Labute approximate surface area is 204 Å². The van der Waals surface area contributed by atoms with Crippen LogP contribution in [0.15, 0.2) is 0 Å². The molecule has 0 heterocycles. The minimum atomic E-state index is -4.18. The van der Waals surface area contributed by atoms with E-state index >= 15 is 0 Å². The van der Waals surface area contributed by atoms with E-state index in [9.17, 15) is 18.1 Å². The molecule has 0 aromatic carbocycles. The van der Waals surface area contributed by atoms with Crippen molar-refractivity contribution < 1.29 is 47.6 Å². The monoisotopic (exact) mass is 442 g/mol. The van der Waals surface area contributed by atoms with E-state index in [1.54, 1.807) is 0 Å². The summed E-state index contributed by atoms with van der Waals surface area (Å²) < 4.78 is 32.5. The minimum Gasteiger partial charge on any atom is -0.748 e. The SMILES string of the molecule is CCCCCCCCCCCCCCCCCC(O)CCCC(C)S(=O)(=O)[O-].[Na+]. The minimum absolute atomic E-state index is 0. The van der Waals surface area contributed by atoms with Crippen molar-refractivity contribution in [1.29, 1.82) is 0 Å². The molecule has 0 rings (SSSR count). The van der Waals surface area contributed by atoms with Gasteiger partial charge in [0.2, 0.25) is 0 Å². The van der Waals surface area contributed by atoms with Gasteiger partial charge in [-0.25, -0.2) is 8.42 Å². The van der Waals surface area contributed by atoms with E-state index in [0.717, 1.165) is 12.8 Å². The molecule has 0 spiro atoms. The van der Waals surface area contributed by atoms with Crippen LogP contribution in [0.1, 0.15) is 136 Å². The van der Waals surface area contributed by atoms with Crippen molar-refractivity contribution in [3.8, 4) is 0 Å². The Balaban J connectivity index is 0. The molecule has 170 valence electrons. The summed E-state index contributed by atoms with van der Waals surface area (Å²) in [5.74, 6) is 0. The number of aliphatic hydroxyl groups is 1. The second-order valence-electron chi connectivity index (χ2n) is 8.63. The van der Waals surface area contributed by atoms with Gasteiger partial charge < -0.3 is 9.66 Å². The van der Waals surface area contributed by atoms with Crippen molar-refractivity contribution in [3.63, 3.8) is 0 Å². The molecule has 4 nitrogen and oxygen atoms in total. The molecule has 0 bridgehead atoms. The summed E-state index contributed by atoms with van der Waals surface area (Å²) in [4.78, 5) is 0. The Morgan fingerprint density at radius 3 is 1.38 bits per heavy atom. The summed E-state index contributed by atoms with van der Waals surface area (Å²) >= 11 is 0. The standard InChI is InChI=1S/C23H48O4S.Na/c1-3-4-5-6-7-8-9-10-11-12-13-14-15-16-17-20-23(24)21-18-19-22(2)28(25,26)27;/h22-24H,3-21H2,1-2H3,(H,25,26,27);/q;+1/p-1. The predicted molar refractivity (Wildman–Crippen MR) is 119 cm³/mol. The van der Waals surface area contributed by atoms with Crippen molar-refractivity contribution in [2.24, 2.45) is 0 Å². The van der Waals surface area contributed by atoms with E-state index < -0.39 is 15.4 Å². The first-order valence-electron chi connectivity index (χ1n) is 12.0. The Morgan fingerprint density at radius 1 is 0.655 bits per heavy atom. The van der Waals surface area contributed by atoms with E-state index in [1.165, 1.54) is 96.8 Å². The zero-order valence-electron chi connectivity index (χ0n) is 19.7. The molecule has 0 radical (unpaired) electrons. The van der Waals surface area contributed by atoms with E-state index in [1.807, 2.05) is 0 Å². The summed E-state index contributed by atoms with van der Waals surface area (Å²) in [5, 5.41) is 9.10. The molecular weight excluding hydrogens is 395 g/mol. The zero-order valence-corrected chi connectivity index (χ0v) is 22.5. The van der Waals surface area contributed by atoms with Crippen LogP contribution in [0.5, 0.6) is 0 Å². The molecule has 0 fully saturated rings. The maximum Gasteiger partial charge on any atom is 1.00 e. The molecule has 29 heavy (non-hydrogen) atoms. The van der Waals surface area contributed by atoms with Crippen LogP contribution in [-0.4, -0.2) is 29.4 Å². The molecule has 0 aromatic rings. The molecule has 2 unspecified atom stereocenters. The number of aliphatic hydroxyl groups excluding tert-OH is 1. The van der Waals surface area contributed by atoms with E-state index in [2.05, 4.69) is 6.92 Å². The van der Waals surface area contributed by atoms with Crippen molar-refractivity contribution in [2.45, 2.75) is 147 Å². The third kappa shape index (κ3) is 23.4. The van der Waals surface area contributed by atoms with Gasteiger partial charge in [-0.2, -0.15) is 0 Å². The van der Waals surface area contributed by atoms with Crippen LogP contribution in [-0.2, 0) is 10.1 Å². The Hall–Kier alpha value is 0.870. The molecule has 0 saturated heterocycles. The average Bonchev–Trinajstić information content (AvgIpc) is 2.64. The van der Waals surface area contributed by atoms with Crippen molar-refractivity contribution in [1.82, 2.24) is 0 Å². The molecule has 1 N–H and O–H groups in total. The van der Waals surface area contributed by atoms with Crippen molar-refractivity contribution in [2.75, 3.05) is 0 Å². The van der Waals surface area contributed by atoms with Crippen LogP contribution in [0.4, 0.5) is 0 Å². The fourth-order valence-corrected chi connectivity index (χ4v) is 4.14. The van der Waals surface area contributed by atoms with E-state index in [4.69, 9.17) is 0 Å². The normalized spacial score (nSPS) is 13.8. The van der Waals surface area contributed by atoms with Crippen LogP contribution in [0.3, 0.4) is 0 Å². The predicted octanol–water partition coefficient (Wildman–Crippen LogP) is 3.72. The van der Waals surface area contributed by atoms with Gasteiger partial charge in [0.05, 0.1) is 16.2 Å². The van der Waals surface area contributed by atoms with Crippen LogP contribution < -0.4 is 29.6 Å². The van der Waals surface area contributed by atoms with Gasteiger partial charge in [-0.1, -0.05) is 103 Å². The van der Waals surface area contributed by atoms with Crippen LogP contribution >= 0.6 is 0 Å². The molecule has 6 heteroatoms. The number of hydrogen-bond donors (Lipinski definition) is 1. The van der Waals surface area contributed by atoms with Gasteiger partial charge in [0, 0.05) is 5.25 Å². The first-order valence-corrected chi connectivity index (χ1v) is 13.5. The molecule has 0 aromatic heterocycles. The van der Waals surface area contributed by atoms with Crippen LogP contribution in [0.2, 0.25) is 0 Å². The zero-order chi connectivity index (χ0) is 21.1. The molecule has 2 atom stereocenters. The topological polar surface area (TPSA) is 77.4 Å². The first kappa shape index (κ1) is 32.1.